The number of nitrogens with one attached hydrogen (secondary N) is 2. The molecule has 2 N–H and O–H groups in total. The minimum Gasteiger partial charge on any atom is -0.496 e. The molecule has 42 heavy (non-hydrogen) atoms. The number of H-pyrrole nitrogens is 1. The molecule has 0 saturated heterocycles. The van der Waals surface area contributed by atoms with Gasteiger partial charge in [0.25, 0.3) is 5.91 Å². The fourth-order valence-corrected chi connectivity index (χ4v) is 4.73. The van der Waals surface area contributed by atoms with E-state index in [0.717, 1.165) is 5.56 Å². The van der Waals surface area contributed by atoms with Gasteiger partial charge in [-0.05, 0) is 48.0 Å². The van der Waals surface area contributed by atoms with Crippen molar-refractivity contribution in [1.29, 1.82) is 0 Å². The van der Waals surface area contributed by atoms with E-state index in [9.17, 15) is 9.59 Å². The number of fused-ring (bicyclic) bond motifs is 2. The molecule has 1 aromatic heterocycles. The second-order valence-corrected chi connectivity index (χ2v) is 9.16. The largest absolute Gasteiger partial charge is 0.496 e. The number of methoxy groups -OCH3 is 2. The van der Waals surface area contributed by atoms with Gasteiger partial charge in [-0.2, -0.15) is 5.10 Å². The Morgan fingerprint density at radius 2 is 1.60 bits per heavy atom. The SMILES string of the molecule is COc1ccc(OC)c2c(-c3ccccc3)c(C(=O)NN=Cc3ccccc3OC(=O)c3ccc4c(c3)OCO4)[nH]c12. The zero-order chi connectivity index (χ0) is 29.1. The van der Waals surface area contributed by atoms with E-state index in [2.05, 4.69) is 15.5 Å². The molecule has 10 nitrogen and oxygen atoms in total. The number of hydrogen-bond acceptors (Lipinski definition) is 8. The van der Waals surface area contributed by atoms with Crippen LogP contribution in [0.2, 0.25) is 0 Å². The van der Waals surface area contributed by atoms with Crippen molar-refractivity contribution in [2.45, 2.75) is 0 Å². The molecule has 1 aliphatic heterocycles. The normalized spacial score (nSPS) is 12.0. The van der Waals surface area contributed by atoms with Gasteiger partial charge in [0.2, 0.25) is 6.79 Å². The molecule has 5 aromatic rings. The summed E-state index contributed by atoms with van der Waals surface area (Å²) in [6.07, 6.45) is 1.41. The summed E-state index contributed by atoms with van der Waals surface area (Å²) in [5.74, 6) is 1.39. The zero-order valence-electron chi connectivity index (χ0n) is 22.7. The summed E-state index contributed by atoms with van der Waals surface area (Å²) in [7, 11) is 3.13. The first-order valence-electron chi connectivity index (χ1n) is 12.9. The average molecular weight is 564 g/mol. The maximum atomic E-state index is 13.5. The maximum absolute atomic E-state index is 13.5. The van der Waals surface area contributed by atoms with Gasteiger partial charge in [0.15, 0.2) is 11.5 Å². The Labute approximate surface area is 240 Å². The summed E-state index contributed by atoms with van der Waals surface area (Å²) in [4.78, 5) is 29.5. The summed E-state index contributed by atoms with van der Waals surface area (Å²) in [5, 5.41) is 4.87. The summed E-state index contributed by atoms with van der Waals surface area (Å²) >= 11 is 0. The number of aromatic nitrogens is 1. The average Bonchev–Trinajstić information content (AvgIpc) is 3.67. The van der Waals surface area contributed by atoms with Crippen molar-refractivity contribution in [2.75, 3.05) is 21.0 Å². The number of para-hydroxylation sites is 1. The lowest BCUT2D eigenvalue weighted by Crippen LogP contribution is -2.19. The van der Waals surface area contributed by atoms with Gasteiger partial charge in [-0.15, -0.1) is 0 Å². The number of benzene rings is 4. The molecule has 0 spiro atoms. The summed E-state index contributed by atoms with van der Waals surface area (Å²) in [6.45, 7) is 0.102. The molecule has 210 valence electrons. The van der Waals surface area contributed by atoms with Crippen LogP contribution in [0, 0.1) is 0 Å². The topological polar surface area (TPSA) is 120 Å². The second kappa shape index (κ2) is 11.4. The van der Waals surface area contributed by atoms with Gasteiger partial charge < -0.3 is 28.7 Å². The Bertz CT molecular complexity index is 1830. The summed E-state index contributed by atoms with van der Waals surface area (Å²) < 4.78 is 27.4. The number of rotatable bonds is 8. The van der Waals surface area contributed by atoms with E-state index in [0.29, 0.717) is 50.6 Å². The van der Waals surface area contributed by atoms with Crippen LogP contribution in [-0.4, -0.2) is 44.1 Å². The number of carbonyl (C=O) groups excluding carboxylic acids is 2. The van der Waals surface area contributed by atoms with Crippen LogP contribution in [0.1, 0.15) is 26.4 Å². The maximum Gasteiger partial charge on any atom is 0.343 e. The first kappa shape index (κ1) is 26.5. The minimum atomic E-state index is -0.577. The molecular formula is C32H25N3O7. The number of ether oxygens (including phenoxy) is 5. The molecule has 2 heterocycles. The third kappa shape index (κ3) is 4.97. The summed E-state index contributed by atoms with van der Waals surface area (Å²) in [6, 6.07) is 24.7. The zero-order valence-corrected chi connectivity index (χ0v) is 22.7. The van der Waals surface area contributed by atoms with Gasteiger partial charge in [-0.3, -0.25) is 4.79 Å². The lowest BCUT2D eigenvalue weighted by atomic mass is 10.0. The van der Waals surface area contributed by atoms with Gasteiger partial charge in [-0.1, -0.05) is 42.5 Å². The van der Waals surface area contributed by atoms with E-state index < -0.39 is 11.9 Å². The highest BCUT2D eigenvalue weighted by Crippen LogP contribution is 2.42. The van der Waals surface area contributed by atoms with Crippen LogP contribution in [0.15, 0.2) is 90.0 Å². The predicted octanol–water partition coefficient (Wildman–Crippen LogP) is 5.56. The van der Waals surface area contributed by atoms with Gasteiger partial charge >= 0.3 is 5.97 Å². The smallest absolute Gasteiger partial charge is 0.343 e. The molecule has 4 aromatic carbocycles. The van der Waals surface area contributed by atoms with Crippen molar-refractivity contribution in [3.8, 4) is 39.9 Å². The van der Waals surface area contributed by atoms with Crippen molar-refractivity contribution in [2.24, 2.45) is 5.10 Å². The first-order valence-corrected chi connectivity index (χ1v) is 12.9. The number of aromatic amines is 1. The summed E-state index contributed by atoms with van der Waals surface area (Å²) in [5.41, 5.74) is 5.71. The van der Waals surface area contributed by atoms with E-state index in [-0.39, 0.29) is 18.2 Å². The predicted molar refractivity (Wildman–Crippen MR) is 156 cm³/mol. The third-order valence-electron chi connectivity index (χ3n) is 6.71. The van der Waals surface area contributed by atoms with Crippen molar-refractivity contribution < 1.29 is 33.3 Å². The lowest BCUT2D eigenvalue weighted by Gasteiger charge is -2.09. The van der Waals surface area contributed by atoms with Crippen LogP contribution in [0.5, 0.6) is 28.7 Å². The van der Waals surface area contributed by atoms with Crippen LogP contribution in [-0.2, 0) is 0 Å². The Morgan fingerprint density at radius 3 is 2.40 bits per heavy atom. The molecule has 0 bridgehead atoms. The molecule has 0 saturated carbocycles. The second-order valence-electron chi connectivity index (χ2n) is 9.16. The Hall–Kier alpha value is -5.77. The van der Waals surface area contributed by atoms with E-state index in [4.69, 9.17) is 23.7 Å². The van der Waals surface area contributed by atoms with Gasteiger partial charge in [-0.25, -0.2) is 10.2 Å². The molecule has 1 amide bonds. The highest BCUT2D eigenvalue weighted by atomic mass is 16.7. The number of nitrogens with zero attached hydrogens (tertiary/aromatic N) is 1. The molecule has 6 rings (SSSR count). The Morgan fingerprint density at radius 1 is 0.857 bits per heavy atom. The third-order valence-corrected chi connectivity index (χ3v) is 6.71. The van der Waals surface area contributed by atoms with Crippen LogP contribution in [0.25, 0.3) is 22.0 Å². The lowest BCUT2D eigenvalue weighted by molar-refractivity contribution is 0.0733. The molecular weight excluding hydrogens is 538 g/mol. The van der Waals surface area contributed by atoms with Crippen molar-refractivity contribution >= 4 is 29.0 Å². The van der Waals surface area contributed by atoms with Crippen molar-refractivity contribution in [3.05, 3.63) is 102 Å². The standard InChI is InChI=1S/C32H25N3O7/c1-38-24-14-15-25(39-2)29-28(24)27(19-8-4-3-5-9-19)30(34-29)31(36)35-33-17-21-10-6-7-11-22(21)42-32(37)20-12-13-23-26(16-20)41-18-40-23/h3-17,34H,18H2,1-2H3,(H,35,36). The first-order chi connectivity index (χ1) is 20.6. The van der Waals surface area contributed by atoms with Crippen LogP contribution in [0.3, 0.4) is 0 Å². The Balaban J connectivity index is 1.27. The molecule has 0 unspecified atom stereocenters. The van der Waals surface area contributed by atoms with Crippen LogP contribution < -0.4 is 29.1 Å². The molecule has 0 atom stereocenters. The number of hydrogen-bond donors (Lipinski definition) is 2. The van der Waals surface area contributed by atoms with Gasteiger partial charge in [0, 0.05) is 11.1 Å². The van der Waals surface area contributed by atoms with E-state index in [1.807, 2.05) is 30.3 Å². The molecule has 0 radical (unpaired) electrons. The molecule has 1 aliphatic rings. The number of amides is 1. The Kier molecular flexibility index (Phi) is 7.17. The van der Waals surface area contributed by atoms with Gasteiger partial charge in [0.1, 0.15) is 22.9 Å². The number of hydrazone groups is 1. The minimum absolute atomic E-state index is 0.102. The number of esters is 1. The van der Waals surface area contributed by atoms with Gasteiger partial charge in [0.05, 0.1) is 36.9 Å². The fourth-order valence-electron chi connectivity index (χ4n) is 4.73. The van der Waals surface area contributed by atoms with E-state index in [1.165, 1.54) is 6.21 Å². The highest BCUT2D eigenvalue weighted by molar-refractivity contribution is 6.13. The van der Waals surface area contributed by atoms with Crippen molar-refractivity contribution in [1.82, 2.24) is 10.4 Å². The highest BCUT2D eigenvalue weighted by Gasteiger charge is 2.24. The fraction of sp³-hybridized carbons (Fsp3) is 0.0938. The molecule has 0 aliphatic carbocycles. The van der Waals surface area contributed by atoms with Crippen LogP contribution >= 0.6 is 0 Å². The quantitative estimate of drug-likeness (QED) is 0.110. The van der Waals surface area contributed by atoms with Crippen molar-refractivity contribution in [3.63, 3.8) is 0 Å². The van der Waals surface area contributed by atoms with E-state index >= 15 is 0 Å². The molecule has 0 fully saturated rings. The molecule has 10 heteroatoms. The van der Waals surface area contributed by atoms with Crippen LogP contribution in [0.4, 0.5) is 0 Å². The monoisotopic (exact) mass is 563 g/mol. The number of carbonyl (C=O) groups is 2. The van der Waals surface area contributed by atoms with E-state index in [1.54, 1.807) is 68.8 Å².